The van der Waals surface area contributed by atoms with E-state index < -0.39 is 11.6 Å². The van der Waals surface area contributed by atoms with Crippen LogP contribution in [0.5, 0.6) is 0 Å². The molecule has 23 heavy (non-hydrogen) atoms. The topological polar surface area (TPSA) is 69.6 Å². The Labute approximate surface area is 138 Å². The van der Waals surface area contributed by atoms with Gasteiger partial charge in [-0.25, -0.2) is 4.79 Å². The smallest absolute Gasteiger partial charge is 0.407 e. The third kappa shape index (κ3) is 6.30. The van der Waals surface area contributed by atoms with Crippen LogP contribution in [0.4, 0.5) is 4.79 Å². The molecule has 5 heteroatoms. The quantitative estimate of drug-likeness (QED) is 0.755. The number of nitrogens with zero attached hydrogens (tertiary/aromatic N) is 1. The van der Waals surface area contributed by atoms with Gasteiger partial charge in [0.1, 0.15) is 0 Å². The molecule has 0 saturated heterocycles. The van der Waals surface area contributed by atoms with E-state index in [-0.39, 0.29) is 5.91 Å². The highest BCUT2D eigenvalue weighted by Crippen LogP contribution is 2.15. The molecule has 0 aliphatic rings. The number of rotatable bonds is 7. The van der Waals surface area contributed by atoms with E-state index in [2.05, 4.69) is 12.2 Å². The van der Waals surface area contributed by atoms with Gasteiger partial charge < -0.3 is 15.3 Å². The summed E-state index contributed by atoms with van der Waals surface area (Å²) in [6.45, 7) is 8.84. The van der Waals surface area contributed by atoms with E-state index in [9.17, 15) is 14.7 Å². The number of carboxylic acid groups (broad SMARTS) is 1. The van der Waals surface area contributed by atoms with Crippen molar-refractivity contribution in [3.63, 3.8) is 0 Å². The minimum absolute atomic E-state index is 0.0631. The van der Waals surface area contributed by atoms with Crippen LogP contribution in [0.2, 0.25) is 0 Å². The first-order chi connectivity index (χ1) is 10.8. The summed E-state index contributed by atoms with van der Waals surface area (Å²) in [4.78, 5) is 24.7. The molecule has 0 spiro atoms. The monoisotopic (exact) mass is 320 g/mol. The van der Waals surface area contributed by atoms with Gasteiger partial charge in [0.05, 0.1) is 0 Å². The third-order valence-corrected chi connectivity index (χ3v) is 3.70. The van der Waals surface area contributed by atoms with Crippen LogP contribution in [0.25, 0.3) is 0 Å². The summed E-state index contributed by atoms with van der Waals surface area (Å²) in [7, 11) is 0. The lowest BCUT2D eigenvalue weighted by Crippen LogP contribution is -2.45. The Morgan fingerprint density at radius 1 is 1.17 bits per heavy atom. The predicted molar refractivity (Wildman–Crippen MR) is 91.9 cm³/mol. The first-order valence-electron chi connectivity index (χ1n) is 8.13. The van der Waals surface area contributed by atoms with Crippen molar-refractivity contribution in [2.75, 3.05) is 13.1 Å². The lowest BCUT2D eigenvalue weighted by Gasteiger charge is -2.33. The van der Waals surface area contributed by atoms with E-state index in [4.69, 9.17) is 0 Å². The largest absolute Gasteiger partial charge is 0.465 e. The van der Waals surface area contributed by atoms with Gasteiger partial charge in [-0.1, -0.05) is 25.5 Å². The summed E-state index contributed by atoms with van der Waals surface area (Å²) in [5, 5.41) is 12.2. The van der Waals surface area contributed by atoms with E-state index >= 15 is 0 Å². The van der Waals surface area contributed by atoms with Crippen molar-refractivity contribution in [1.82, 2.24) is 10.2 Å². The van der Waals surface area contributed by atoms with E-state index in [1.165, 1.54) is 4.90 Å². The molecule has 0 heterocycles. The van der Waals surface area contributed by atoms with Gasteiger partial charge in [-0.15, -0.1) is 0 Å². The minimum Gasteiger partial charge on any atom is -0.465 e. The Morgan fingerprint density at radius 2 is 1.78 bits per heavy atom. The number of hydrogen-bond donors (Lipinski definition) is 2. The van der Waals surface area contributed by atoms with Crippen molar-refractivity contribution in [2.45, 2.75) is 52.5 Å². The summed E-state index contributed by atoms with van der Waals surface area (Å²) in [6.07, 6.45) is 1.74. The number of carbonyl (C=O) groups is 2. The lowest BCUT2D eigenvalue weighted by molar-refractivity contribution is 0.0952. The third-order valence-electron chi connectivity index (χ3n) is 3.70. The number of carbonyl (C=O) groups excluding carboxylic acids is 1. The maximum Gasteiger partial charge on any atom is 0.407 e. The van der Waals surface area contributed by atoms with E-state index in [0.717, 1.165) is 18.4 Å². The van der Waals surface area contributed by atoms with Gasteiger partial charge in [-0.2, -0.15) is 0 Å². The van der Waals surface area contributed by atoms with E-state index in [1.54, 1.807) is 12.1 Å². The van der Waals surface area contributed by atoms with Crippen LogP contribution in [-0.2, 0) is 6.42 Å². The predicted octanol–water partition coefficient (Wildman–Crippen LogP) is 3.54. The molecule has 0 saturated carbocycles. The molecule has 0 bridgehead atoms. The average Bonchev–Trinajstić information content (AvgIpc) is 2.46. The van der Waals surface area contributed by atoms with Gasteiger partial charge in [0.2, 0.25) is 0 Å². The van der Waals surface area contributed by atoms with E-state index in [1.807, 2.05) is 32.9 Å². The molecular formula is C18H28N2O3. The highest BCUT2D eigenvalue weighted by atomic mass is 16.4. The van der Waals surface area contributed by atoms with Gasteiger partial charge in [0, 0.05) is 24.2 Å². The van der Waals surface area contributed by atoms with Crippen LogP contribution >= 0.6 is 0 Å². The van der Waals surface area contributed by atoms with Crippen molar-refractivity contribution in [2.24, 2.45) is 0 Å². The summed E-state index contributed by atoms with van der Waals surface area (Å²) in [5.74, 6) is -0.0631. The number of hydrogen-bond acceptors (Lipinski definition) is 2. The van der Waals surface area contributed by atoms with Crippen LogP contribution in [0.15, 0.2) is 24.3 Å². The zero-order valence-corrected chi connectivity index (χ0v) is 14.6. The highest BCUT2D eigenvalue weighted by molar-refractivity contribution is 5.94. The number of nitrogens with one attached hydrogen (secondary N) is 1. The fourth-order valence-electron chi connectivity index (χ4n) is 2.26. The molecule has 0 atom stereocenters. The molecule has 1 aromatic carbocycles. The normalized spacial score (nSPS) is 11.1. The molecule has 2 amide bonds. The Kier molecular flexibility index (Phi) is 7.07. The molecule has 1 aromatic rings. The number of amides is 2. The fraction of sp³-hybridized carbons (Fsp3) is 0.556. The van der Waals surface area contributed by atoms with Gasteiger partial charge in [-0.3, -0.25) is 4.79 Å². The molecular weight excluding hydrogens is 292 g/mol. The zero-order chi connectivity index (χ0) is 17.5. The van der Waals surface area contributed by atoms with Crippen molar-refractivity contribution >= 4 is 12.0 Å². The molecule has 0 aliphatic carbocycles. The van der Waals surface area contributed by atoms with Crippen molar-refractivity contribution < 1.29 is 14.7 Å². The van der Waals surface area contributed by atoms with Gasteiger partial charge >= 0.3 is 6.09 Å². The fourth-order valence-corrected chi connectivity index (χ4v) is 2.26. The molecule has 0 aromatic heterocycles. The first-order valence-corrected chi connectivity index (χ1v) is 8.13. The first kappa shape index (κ1) is 19.0. The molecule has 0 radical (unpaired) electrons. The molecule has 0 aliphatic heterocycles. The maximum atomic E-state index is 11.9. The molecule has 0 unspecified atom stereocenters. The van der Waals surface area contributed by atoms with Crippen molar-refractivity contribution in [3.8, 4) is 0 Å². The molecule has 1 rings (SSSR count). The zero-order valence-electron chi connectivity index (χ0n) is 14.6. The van der Waals surface area contributed by atoms with Gasteiger partial charge in [0.25, 0.3) is 5.91 Å². The molecule has 5 nitrogen and oxygen atoms in total. The van der Waals surface area contributed by atoms with Crippen LogP contribution in [-0.4, -0.2) is 40.6 Å². The second kappa shape index (κ2) is 8.56. The maximum absolute atomic E-state index is 11.9. The molecule has 128 valence electrons. The summed E-state index contributed by atoms with van der Waals surface area (Å²) >= 11 is 0. The number of benzene rings is 1. The second-order valence-corrected chi connectivity index (χ2v) is 6.66. The summed E-state index contributed by atoms with van der Waals surface area (Å²) in [6, 6.07) is 7.35. The van der Waals surface area contributed by atoms with Gasteiger partial charge in [-0.05, 0) is 51.3 Å². The lowest BCUT2D eigenvalue weighted by atomic mass is 10.0. The van der Waals surface area contributed by atoms with E-state index in [0.29, 0.717) is 25.1 Å². The SMILES string of the molecule is CCCCNC(=O)c1ccc(CCN(C(=O)O)C(C)(C)C)cc1. The van der Waals surface area contributed by atoms with Crippen LogP contribution in [0.1, 0.15) is 56.5 Å². The van der Waals surface area contributed by atoms with Crippen LogP contribution < -0.4 is 5.32 Å². The Hall–Kier alpha value is -2.04. The molecule has 2 N–H and O–H groups in total. The Morgan fingerprint density at radius 3 is 2.26 bits per heavy atom. The average molecular weight is 320 g/mol. The van der Waals surface area contributed by atoms with Crippen molar-refractivity contribution in [3.05, 3.63) is 35.4 Å². The van der Waals surface area contributed by atoms with Crippen molar-refractivity contribution in [1.29, 1.82) is 0 Å². The standard InChI is InChI=1S/C18H28N2O3/c1-5-6-12-19-16(21)15-9-7-14(8-10-15)11-13-20(17(22)23)18(2,3)4/h7-10H,5-6,11-13H2,1-4H3,(H,19,21)(H,22,23). The van der Waals surface area contributed by atoms with Crippen LogP contribution in [0.3, 0.4) is 0 Å². The highest BCUT2D eigenvalue weighted by Gasteiger charge is 2.25. The summed E-state index contributed by atoms with van der Waals surface area (Å²) in [5.41, 5.74) is 1.23. The second-order valence-electron chi connectivity index (χ2n) is 6.66. The van der Waals surface area contributed by atoms with Crippen LogP contribution in [0, 0.1) is 0 Å². The number of unbranched alkanes of at least 4 members (excludes halogenated alkanes) is 1. The Balaban J connectivity index is 2.60. The summed E-state index contributed by atoms with van der Waals surface area (Å²) < 4.78 is 0. The van der Waals surface area contributed by atoms with Gasteiger partial charge in [0.15, 0.2) is 0 Å². The Bertz CT molecular complexity index is 518. The molecule has 0 fully saturated rings. The minimum atomic E-state index is -0.913.